The van der Waals surface area contributed by atoms with Crippen LogP contribution < -0.4 is 0 Å². The second-order valence-corrected chi connectivity index (χ2v) is 7.34. The predicted octanol–water partition coefficient (Wildman–Crippen LogP) is -5.25. The molecule has 0 spiro atoms. The minimum Gasteiger partial charge on any atom is -0.394 e. The Bertz CT molecular complexity index is 510. The summed E-state index contributed by atoms with van der Waals surface area (Å²) in [7, 11) is 0. The van der Waals surface area contributed by atoms with E-state index in [1.165, 1.54) is 0 Å². The molecule has 160 valence electrons. The minimum absolute atomic E-state index is 0.747. The van der Waals surface area contributed by atoms with E-state index in [0.717, 1.165) is 13.8 Å². The van der Waals surface area contributed by atoms with Gasteiger partial charge in [-0.05, 0) is 13.8 Å². The van der Waals surface area contributed by atoms with Crippen LogP contribution in [0, 0.1) is 0 Å². The average Bonchev–Trinajstić information content (AvgIpc) is 2.86. The lowest BCUT2D eigenvalue weighted by atomic mass is 9.83. The third-order valence-electron chi connectivity index (χ3n) is 5.03. The number of ether oxygens (including phenoxy) is 3. The fourth-order valence-corrected chi connectivity index (χ4v) is 3.37. The van der Waals surface area contributed by atoms with Crippen molar-refractivity contribution in [2.24, 2.45) is 0 Å². The lowest BCUT2D eigenvalue weighted by molar-refractivity contribution is -0.465. The highest BCUT2D eigenvalue weighted by atomic mass is 16.8. The van der Waals surface area contributed by atoms with Crippen LogP contribution in [0.2, 0.25) is 0 Å². The monoisotopic (exact) mass is 400 g/mol. The summed E-state index contributed by atoms with van der Waals surface area (Å²) in [4.78, 5) is 0. The molecule has 0 radical (unpaired) electrons. The first-order valence-electron chi connectivity index (χ1n) is 8.42. The molecule has 0 bridgehead atoms. The van der Waals surface area contributed by atoms with Gasteiger partial charge < -0.3 is 60.2 Å². The Balaban J connectivity index is 2.51. The molecule has 2 fully saturated rings. The molecule has 9 atom stereocenters. The van der Waals surface area contributed by atoms with Crippen LogP contribution in [-0.2, 0) is 14.2 Å². The van der Waals surface area contributed by atoms with Gasteiger partial charge in [-0.1, -0.05) is 0 Å². The molecule has 27 heavy (non-hydrogen) atoms. The van der Waals surface area contributed by atoms with Gasteiger partial charge in [0.15, 0.2) is 0 Å². The van der Waals surface area contributed by atoms with Crippen LogP contribution in [-0.4, -0.2) is 126 Å². The number of aliphatic hydroxyl groups is 9. The van der Waals surface area contributed by atoms with Gasteiger partial charge in [0.05, 0.1) is 13.2 Å². The van der Waals surface area contributed by atoms with Crippen LogP contribution in [0.4, 0.5) is 0 Å². The van der Waals surface area contributed by atoms with Crippen LogP contribution in [0.15, 0.2) is 0 Å². The molecule has 2 rings (SSSR count). The van der Waals surface area contributed by atoms with Crippen LogP contribution in [0.5, 0.6) is 0 Å². The Kier molecular flexibility index (Phi) is 6.54. The highest BCUT2D eigenvalue weighted by Crippen LogP contribution is 2.45. The van der Waals surface area contributed by atoms with Gasteiger partial charge in [0.2, 0.25) is 11.6 Å². The van der Waals surface area contributed by atoms with Crippen LogP contribution in [0.3, 0.4) is 0 Å². The van der Waals surface area contributed by atoms with E-state index in [1.54, 1.807) is 0 Å². The van der Waals surface area contributed by atoms with Crippen molar-refractivity contribution < 1.29 is 60.2 Å². The minimum atomic E-state index is -2.62. The Morgan fingerprint density at radius 2 is 1.33 bits per heavy atom. The maximum Gasteiger partial charge on any atom is 0.229 e. The van der Waals surface area contributed by atoms with Crippen LogP contribution in [0.25, 0.3) is 0 Å². The van der Waals surface area contributed by atoms with E-state index >= 15 is 0 Å². The molecule has 0 aromatic rings. The largest absolute Gasteiger partial charge is 0.394 e. The molecule has 0 saturated carbocycles. The highest BCUT2D eigenvalue weighted by molar-refractivity contribution is 5.07. The molecular weight excluding hydrogens is 372 g/mol. The third kappa shape index (κ3) is 3.50. The lowest BCUT2D eigenvalue weighted by Crippen LogP contribution is -2.75. The van der Waals surface area contributed by atoms with Gasteiger partial charge in [-0.2, -0.15) is 0 Å². The van der Waals surface area contributed by atoms with Crippen molar-refractivity contribution in [2.75, 3.05) is 19.8 Å². The zero-order valence-corrected chi connectivity index (χ0v) is 14.9. The molecule has 2 aliphatic rings. The van der Waals surface area contributed by atoms with E-state index in [-0.39, 0.29) is 0 Å². The molecule has 2 aliphatic heterocycles. The third-order valence-corrected chi connectivity index (χ3v) is 5.03. The van der Waals surface area contributed by atoms with Crippen molar-refractivity contribution in [3.63, 3.8) is 0 Å². The summed E-state index contributed by atoms with van der Waals surface area (Å²) in [6.45, 7) is -0.451. The summed E-state index contributed by atoms with van der Waals surface area (Å²) < 4.78 is 16.2. The van der Waals surface area contributed by atoms with Crippen molar-refractivity contribution in [1.82, 2.24) is 0 Å². The summed E-state index contributed by atoms with van der Waals surface area (Å²) in [5.41, 5.74) is -2.14. The van der Waals surface area contributed by atoms with Gasteiger partial charge in [0, 0.05) is 0 Å². The fourth-order valence-electron chi connectivity index (χ4n) is 3.37. The number of aliphatic hydroxyl groups excluding tert-OH is 8. The van der Waals surface area contributed by atoms with Crippen molar-refractivity contribution >= 4 is 0 Å². The maximum absolute atomic E-state index is 10.6. The molecular formula is C15H28O12. The SMILES string of the molecule is CC(C)(O)[C@@]1(OC2(CO)O[C@H](CO)[C@@H](O)[C@@H]2O)O[C@H](CO)[C@@H](O)[C@H](O)[C@H]1O. The normalized spacial score (nSPS) is 48.8. The number of hydrogen-bond donors (Lipinski definition) is 9. The van der Waals surface area contributed by atoms with E-state index in [9.17, 15) is 46.0 Å². The Hall–Kier alpha value is -0.480. The zero-order chi connectivity index (χ0) is 20.8. The van der Waals surface area contributed by atoms with E-state index in [2.05, 4.69) is 0 Å². The van der Waals surface area contributed by atoms with Crippen molar-refractivity contribution in [3.05, 3.63) is 0 Å². The second-order valence-electron chi connectivity index (χ2n) is 7.34. The van der Waals surface area contributed by atoms with Gasteiger partial charge in [0.25, 0.3) is 0 Å². The molecule has 12 nitrogen and oxygen atoms in total. The fraction of sp³-hybridized carbons (Fsp3) is 1.00. The van der Waals surface area contributed by atoms with E-state index in [0.29, 0.717) is 0 Å². The van der Waals surface area contributed by atoms with Crippen molar-refractivity contribution in [2.45, 2.75) is 73.8 Å². The van der Waals surface area contributed by atoms with Crippen molar-refractivity contribution in [3.8, 4) is 0 Å². The summed E-state index contributed by atoms with van der Waals surface area (Å²) in [5.74, 6) is -5.08. The second kappa shape index (κ2) is 7.74. The quantitative estimate of drug-likeness (QED) is 0.205. The molecule has 0 aromatic heterocycles. The van der Waals surface area contributed by atoms with Gasteiger partial charge in [-0.15, -0.1) is 0 Å². The topological polar surface area (TPSA) is 210 Å². The van der Waals surface area contributed by atoms with Crippen molar-refractivity contribution in [1.29, 1.82) is 0 Å². The first kappa shape index (κ1) is 22.8. The summed E-state index contributed by atoms with van der Waals surface area (Å²) in [6, 6.07) is 0. The van der Waals surface area contributed by atoms with E-state index in [4.69, 9.17) is 14.2 Å². The van der Waals surface area contributed by atoms with Gasteiger partial charge in [0.1, 0.15) is 54.9 Å². The smallest absolute Gasteiger partial charge is 0.229 e. The molecule has 2 saturated heterocycles. The Morgan fingerprint density at radius 3 is 1.74 bits per heavy atom. The van der Waals surface area contributed by atoms with Gasteiger partial charge in [-0.25, -0.2) is 0 Å². The molecule has 9 N–H and O–H groups in total. The predicted molar refractivity (Wildman–Crippen MR) is 83.9 cm³/mol. The molecule has 0 aliphatic carbocycles. The van der Waals surface area contributed by atoms with Crippen LogP contribution >= 0.6 is 0 Å². The number of rotatable bonds is 6. The molecule has 1 unspecified atom stereocenters. The molecule has 0 aromatic carbocycles. The first-order valence-corrected chi connectivity index (χ1v) is 8.42. The Morgan fingerprint density at radius 1 is 0.815 bits per heavy atom. The van der Waals surface area contributed by atoms with E-state index < -0.39 is 79.7 Å². The molecule has 12 heteroatoms. The molecule has 2 heterocycles. The zero-order valence-electron chi connectivity index (χ0n) is 14.9. The average molecular weight is 400 g/mol. The summed E-state index contributed by atoms with van der Waals surface area (Å²) in [6.07, 6.45) is -12.3. The first-order chi connectivity index (χ1) is 12.4. The lowest BCUT2D eigenvalue weighted by Gasteiger charge is -2.55. The number of hydrogen-bond acceptors (Lipinski definition) is 12. The molecule has 0 amide bonds. The standard InChI is InChI=1S/C15H28O12/c1-13(2,24)15(12(23)10(21)8(19)6(3-16)26-15)27-14(5-18)11(22)9(20)7(4-17)25-14/h6-12,16-24H,3-5H2,1-2H3/t6-,7-,8-,9-,10+,11+,12-,14?,15-/m1/s1. The van der Waals surface area contributed by atoms with Gasteiger partial charge in [-0.3, -0.25) is 0 Å². The van der Waals surface area contributed by atoms with Crippen LogP contribution in [0.1, 0.15) is 13.8 Å². The maximum atomic E-state index is 10.6. The van der Waals surface area contributed by atoms with E-state index in [1.807, 2.05) is 0 Å². The van der Waals surface area contributed by atoms with Gasteiger partial charge >= 0.3 is 0 Å². The summed E-state index contributed by atoms with van der Waals surface area (Å²) in [5, 5.41) is 89.9. The highest BCUT2D eigenvalue weighted by Gasteiger charge is 2.67. The Labute approximate surface area is 154 Å². The summed E-state index contributed by atoms with van der Waals surface area (Å²) >= 11 is 0.